The molecule has 14 atom stereocenters. The molecule has 1 aromatic rings. The number of ether oxygens (including phenoxy) is 5. The van der Waals surface area contributed by atoms with Gasteiger partial charge < -0.3 is 33.9 Å². The van der Waals surface area contributed by atoms with Gasteiger partial charge in [0.25, 0.3) is 0 Å². The van der Waals surface area contributed by atoms with Crippen molar-refractivity contribution in [1.82, 2.24) is 14.9 Å². The van der Waals surface area contributed by atoms with Gasteiger partial charge in [0.15, 0.2) is 12.4 Å². The number of hydrogen-bond acceptors (Lipinski definition) is 10. The molecule has 0 unspecified atom stereocenters. The fourth-order valence-electron chi connectivity index (χ4n) is 14.6. The maximum atomic E-state index is 12.7. The van der Waals surface area contributed by atoms with Crippen molar-refractivity contribution >= 4 is 0 Å². The quantitative estimate of drug-likeness (QED) is 0.389. The van der Waals surface area contributed by atoms with Gasteiger partial charge in [0, 0.05) is 24.4 Å². The maximum absolute atomic E-state index is 12.7. The zero-order chi connectivity index (χ0) is 35.8. The first-order valence-electron chi connectivity index (χ1n) is 20.2. The van der Waals surface area contributed by atoms with Gasteiger partial charge in [-0.2, -0.15) is 0 Å². The van der Waals surface area contributed by atoms with E-state index in [1.165, 1.54) is 25.7 Å². The Bertz CT molecular complexity index is 1470. The highest BCUT2D eigenvalue weighted by atomic mass is 16.7. The third-order valence-electron chi connectivity index (χ3n) is 17.1. The number of aliphatic hydroxyl groups is 2. The van der Waals surface area contributed by atoms with Gasteiger partial charge in [0.05, 0.1) is 62.4 Å². The van der Waals surface area contributed by atoms with E-state index in [0.717, 1.165) is 58.6 Å². The van der Waals surface area contributed by atoms with Crippen LogP contribution in [-0.2, 0) is 18.9 Å². The predicted molar refractivity (Wildman–Crippen MR) is 190 cm³/mol. The van der Waals surface area contributed by atoms with Crippen LogP contribution in [0.4, 0.5) is 0 Å². The Hall–Kier alpha value is -1.40. The highest BCUT2D eigenvalue weighted by Crippen LogP contribution is 2.89. The first-order valence-corrected chi connectivity index (χ1v) is 20.2. The van der Waals surface area contributed by atoms with E-state index in [9.17, 15) is 10.2 Å². The SMILES string of the molecule is C[C@@H]1C[C@H]([C@H](Oc2ncccn2)C(C)(C)O)O[C@H]2[C@H]1[C@@]1(C)CC[C@@]34C[C@@]35CC[C@H](O[C@H]3CN(C6COC6)CCO3)C(C)(C)[C@@H]5CC[C@H]4[C@]1(C)[C@H]2O. The summed E-state index contributed by atoms with van der Waals surface area (Å²) in [6.07, 6.45) is 10.5. The monoisotopic (exact) mass is 709 g/mol. The van der Waals surface area contributed by atoms with Crippen LogP contribution in [0.25, 0.3) is 0 Å². The first kappa shape index (κ1) is 35.3. The van der Waals surface area contributed by atoms with E-state index in [-0.39, 0.29) is 58.2 Å². The molecule has 3 aliphatic heterocycles. The molecular weight excluding hydrogens is 646 g/mol. The van der Waals surface area contributed by atoms with E-state index in [0.29, 0.717) is 29.2 Å². The molecule has 10 nitrogen and oxygen atoms in total. The number of aliphatic hydroxyl groups excluding tert-OH is 1. The number of fused-ring (bicyclic) bond motifs is 4. The molecule has 1 aromatic heterocycles. The molecule has 9 rings (SSSR count). The second kappa shape index (κ2) is 11.8. The molecular formula is C41H63N3O7. The van der Waals surface area contributed by atoms with Crippen LogP contribution in [-0.4, -0.2) is 106 Å². The average molecular weight is 710 g/mol. The van der Waals surface area contributed by atoms with Crippen molar-refractivity contribution < 1.29 is 33.9 Å². The molecule has 0 aromatic carbocycles. The summed E-state index contributed by atoms with van der Waals surface area (Å²) in [4.78, 5) is 11.1. The van der Waals surface area contributed by atoms with Crippen LogP contribution in [0.3, 0.4) is 0 Å². The number of hydrogen-bond donors (Lipinski definition) is 2. The molecule has 0 bridgehead atoms. The molecule has 0 amide bonds. The van der Waals surface area contributed by atoms with Crippen molar-refractivity contribution in [3.8, 4) is 6.01 Å². The van der Waals surface area contributed by atoms with Crippen LogP contribution < -0.4 is 4.74 Å². The van der Waals surface area contributed by atoms with Crippen molar-refractivity contribution in [3.63, 3.8) is 0 Å². The molecule has 10 heteroatoms. The van der Waals surface area contributed by atoms with Crippen LogP contribution in [0.1, 0.15) is 99.8 Å². The van der Waals surface area contributed by atoms with E-state index in [1.807, 2.05) is 0 Å². The summed E-state index contributed by atoms with van der Waals surface area (Å²) in [6, 6.07) is 2.50. The lowest BCUT2D eigenvalue weighted by Crippen LogP contribution is -2.60. The molecule has 51 heavy (non-hydrogen) atoms. The standard InChI is InChI=1S/C41H63N3O7/c1-24-19-26(34(37(4,5)46)51-35-42-15-8-16-43-35)49-32-31(24)38(6)13-14-41-23-40(41)12-11-29(50-30-20-44(17-18-48-30)25-21-47-22-25)36(2,3)27(40)9-10-28(41)39(38,7)33(32)45/h8,15-16,24-34,45-46H,9-14,17-23H2,1-7H3/t24-,26-,27+,28+,29+,30+,31+,32+,33+,34+,38-,39-,40-,41+/m1/s1. The van der Waals surface area contributed by atoms with Gasteiger partial charge in [-0.3, -0.25) is 4.90 Å². The van der Waals surface area contributed by atoms with Crippen molar-refractivity contribution in [2.45, 2.75) is 148 Å². The fraction of sp³-hybridized carbons (Fsp3) is 0.902. The van der Waals surface area contributed by atoms with Crippen LogP contribution in [0, 0.1) is 50.7 Å². The topological polar surface area (TPSA) is 116 Å². The molecule has 2 spiro atoms. The predicted octanol–water partition coefficient (Wildman–Crippen LogP) is 5.25. The lowest BCUT2D eigenvalue weighted by molar-refractivity contribution is -0.256. The molecule has 4 heterocycles. The molecule has 3 saturated heterocycles. The van der Waals surface area contributed by atoms with Crippen molar-refractivity contribution in [3.05, 3.63) is 18.5 Å². The van der Waals surface area contributed by atoms with E-state index in [2.05, 4.69) is 49.5 Å². The molecule has 284 valence electrons. The summed E-state index contributed by atoms with van der Waals surface area (Å²) in [5.74, 6) is 1.62. The Morgan fingerprint density at radius 1 is 1.00 bits per heavy atom. The van der Waals surface area contributed by atoms with Gasteiger partial charge >= 0.3 is 6.01 Å². The lowest BCUT2D eigenvalue weighted by atomic mass is 9.41. The smallest absolute Gasteiger partial charge is 0.316 e. The highest BCUT2D eigenvalue weighted by Gasteiger charge is 2.84. The molecule has 8 aliphatic rings. The Morgan fingerprint density at radius 3 is 2.43 bits per heavy atom. The van der Waals surface area contributed by atoms with E-state index >= 15 is 0 Å². The average Bonchev–Trinajstić information content (AvgIpc) is 3.69. The Kier molecular flexibility index (Phi) is 8.17. The highest BCUT2D eigenvalue weighted by molar-refractivity contribution is 5.33. The Morgan fingerprint density at radius 2 is 1.73 bits per heavy atom. The maximum Gasteiger partial charge on any atom is 0.316 e. The number of morpholine rings is 1. The molecule has 5 aliphatic carbocycles. The molecule has 0 radical (unpaired) electrons. The van der Waals surface area contributed by atoms with Gasteiger partial charge in [-0.05, 0) is 117 Å². The summed E-state index contributed by atoms with van der Waals surface area (Å²) in [5.41, 5.74) is -0.825. The van der Waals surface area contributed by atoms with Crippen LogP contribution in [0.2, 0.25) is 0 Å². The van der Waals surface area contributed by atoms with Gasteiger partial charge in [-0.1, -0.05) is 34.6 Å². The second-order valence-corrected chi connectivity index (χ2v) is 19.9. The number of nitrogens with zero attached hydrogens (tertiary/aromatic N) is 3. The van der Waals surface area contributed by atoms with Gasteiger partial charge in [0.2, 0.25) is 0 Å². The number of aromatic nitrogens is 2. The summed E-state index contributed by atoms with van der Waals surface area (Å²) in [6.45, 7) is 20.0. The summed E-state index contributed by atoms with van der Waals surface area (Å²) in [5, 5.41) is 24.1. The second-order valence-electron chi connectivity index (χ2n) is 19.9. The normalized spacial score (nSPS) is 49.7. The fourth-order valence-corrected chi connectivity index (χ4v) is 14.6. The summed E-state index contributed by atoms with van der Waals surface area (Å²) in [7, 11) is 0. The number of rotatable bonds is 7. The van der Waals surface area contributed by atoms with Gasteiger partial charge in [-0.25, -0.2) is 9.97 Å². The third kappa shape index (κ3) is 4.91. The van der Waals surface area contributed by atoms with Gasteiger partial charge in [-0.15, -0.1) is 0 Å². The van der Waals surface area contributed by atoms with E-state index in [1.54, 1.807) is 32.3 Å². The van der Waals surface area contributed by atoms with Crippen molar-refractivity contribution in [2.75, 3.05) is 32.9 Å². The van der Waals surface area contributed by atoms with Crippen LogP contribution >= 0.6 is 0 Å². The van der Waals surface area contributed by atoms with Gasteiger partial charge in [0.1, 0.15) is 0 Å². The zero-order valence-corrected chi connectivity index (χ0v) is 32.1. The molecule has 8 fully saturated rings. The van der Waals surface area contributed by atoms with Crippen molar-refractivity contribution in [1.29, 1.82) is 0 Å². The van der Waals surface area contributed by atoms with E-state index in [4.69, 9.17) is 23.7 Å². The minimum absolute atomic E-state index is 0.0346. The van der Waals surface area contributed by atoms with E-state index < -0.39 is 17.8 Å². The third-order valence-corrected chi connectivity index (χ3v) is 17.1. The largest absolute Gasteiger partial charge is 0.454 e. The van der Waals surface area contributed by atoms with Crippen LogP contribution in [0.5, 0.6) is 6.01 Å². The van der Waals surface area contributed by atoms with Crippen LogP contribution in [0.15, 0.2) is 18.5 Å². The lowest BCUT2D eigenvalue weighted by Gasteiger charge is -2.64. The Labute approximate surface area is 304 Å². The molecule has 2 N–H and O–H groups in total. The first-order chi connectivity index (χ1) is 24.2. The minimum Gasteiger partial charge on any atom is -0.454 e. The molecule has 5 saturated carbocycles. The summed E-state index contributed by atoms with van der Waals surface area (Å²) < 4.78 is 31.9. The summed E-state index contributed by atoms with van der Waals surface area (Å²) >= 11 is 0. The zero-order valence-electron chi connectivity index (χ0n) is 32.1. The minimum atomic E-state index is -1.19. The van der Waals surface area contributed by atoms with Crippen molar-refractivity contribution in [2.24, 2.45) is 50.7 Å². The Balaban J connectivity index is 0.951.